The normalized spacial score (nSPS) is 21.3. The molecule has 0 bridgehead atoms. The summed E-state index contributed by atoms with van der Waals surface area (Å²) in [4.78, 5) is 10.7. The van der Waals surface area contributed by atoms with Gasteiger partial charge in [-0.1, -0.05) is 48.6 Å². The van der Waals surface area contributed by atoms with Crippen molar-refractivity contribution in [3.63, 3.8) is 0 Å². The summed E-state index contributed by atoms with van der Waals surface area (Å²) in [7, 11) is -3.32. The molecule has 31 heavy (non-hydrogen) atoms. The van der Waals surface area contributed by atoms with Crippen molar-refractivity contribution in [2.75, 3.05) is 11.5 Å². The van der Waals surface area contributed by atoms with E-state index in [-0.39, 0.29) is 30.1 Å². The maximum atomic E-state index is 13.7. The Kier molecular flexibility index (Phi) is 8.07. The van der Waals surface area contributed by atoms with E-state index in [0.717, 1.165) is 12.0 Å². The lowest BCUT2D eigenvalue weighted by atomic mass is 9.86. The Morgan fingerprint density at radius 3 is 2.39 bits per heavy atom. The number of alkyl halides is 3. The molecule has 2 rings (SSSR count). The molecule has 1 aliphatic rings. The number of nitrogens with one attached hydrogen (secondary N) is 1. The zero-order valence-electron chi connectivity index (χ0n) is 16.8. The summed E-state index contributed by atoms with van der Waals surface area (Å²) in [6.45, 7) is 0. The Labute approximate surface area is 179 Å². The van der Waals surface area contributed by atoms with Gasteiger partial charge in [-0.05, 0) is 36.8 Å². The Balaban J connectivity index is 2.08. The summed E-state index contributed by atoms with van der Waals surface area (Å²) in [5.74, 6) is -1.97. The minimum absolute atomic E-state index is 0.0585. The highest BCUT2D eigenvalue weighted by molar-refractivity contribution is 7.92. The van der Waals surface area contributed by atoms with E-state index in [9.17, 15) is 27.3 Å². The van der Waals surface area contributed by atoms with Gasteiger partial charge in [-0.3, -0.25) is 9.57 Å². The fraction of sp³-hybridized carbons (Fsp3) is 0.476. The highest BCUT2D eigenvalue weighted by Gasteiger charge is 2.54. The minimum Gasteiger partial charge on any atom is -0.480 e. The summed E-state index contributed by atoms with van der Waals surface area (Å²) in [6.07, 6.45) is 2.16. The fourth-order valence-electron chi connectivity index (χ4n) is 3.39. The Hall–Kier alpha value is -2.17. The van der Waals surface area contributed by atoms with Gasteiger partial charge in [-0.2, -0.15) is 13.2 Å². The third-order valence-electron chi connectivity index (χ3n) is 5.35. The summed E-state index contributed by atoms with van der Waals surface area (Å²) in [5, 5.41) is 19.2. The number of carboxylic acid groups (broad SMARTS) is 1. The average Bonchev–Trinajstić information content (AvgIpc) is 2.71. The molecular formula is C21H27F3N2O4S. The smallest absolute Gasteiger partial charge is 0.421 e. The van der Waals surface area contributed by atoms with Crippen molar-refractivity contribution in [3.8, 4) is 0 Å². The maximum absolute atomic E-state index is 13.7. The lowest BCUT2D eigenvalue weighted by Gasteiger charge is -2.31. The molecule has 0 fully saturated rings. The molecule has 0 saturated carbocycles. The number of carbonyl (C=O) groups is 1. The highest BCUT2D eigenvalue weighted by atomic mass is 32.2. The Morgan fingerprint density at radius 1 is 1.23 bits per heavy atom. The number of allylic oxidation sites excluding steroid dienone is 4. The summed E-state index contributed by atoms with van der Waals surface area (Å²) in [5.41, 5.74) is 2.69. The average molecular weight is 461 g/mol. The van der Waals surface area contributed by atoms with Crippen LogP contribution < -0.4 is 5.73 Å². The Morgan fingerprint density at radius 2 is 1.87 bits per heavy atom. The fourth-order valence-corrected chi connectivity index (χ4v) is 4.84. The van der Waals surface area contributed by atoms with Gasteiger partial charge in [0.25, 0.3) is 0 Å². The molecule has 6 nitrogen and oxygen atoms in total. The van der Waals surface area contributed by atoms with Crippen molar-refractivity contribution in [2.45, 2.75) is 49.4 Å². The predicted molar refractivity (Wildman–Crippen MR) is 112 cm³/mol. The molecule has 172 valence electrons. The molecule has 10 heteroatoms. The van der Waals surface area contributed by atoms with Crippen LogP contribution in [0.1, 0.15) is 42.7 Å². The molecule has 0 aromatic heterocycles. The first kappa shape index (κ1) is 25.1. The van der Waals surface area contributed by atoms with Gasteiger partial charge < -0.3 is 15.9 Å². The molecule has 1 aliphatic carbocycles. The molecule has 4 atom stereocenters. The van der Waals surface area contributed by atoms with Crippen molar-refractivity contribution in [3.05, 3.63) is 59.7 Å². The number of benzene rings is 1. The second kappa shape index (κ2) is 9.97. The number of aliphatic carboxylic acids is 1. The van der Waals surface area contributed by atoms with Crippen molar-refractivity contribution in [1.29, 1.82) is 4.78 Å². The van der Waals surface area contributed by atoms with E-state index >= 15 is 0 Å². The molecule has 0 spiro atoms. The molecule has 3 unspecified atom stereocenters. The minimum atomic E-state index is -4.96. The number of carboxylic acids is 1. The quantitative estimate of drug-likeness (QED) is 0.424. The topological polar surface area (TPSA) is 124 Å². The number of rotatable bonds is 10. The number of nitrogens with two attached hydrogens (primary N) is 1. The molecule has 0 heterocycles. The summed E-state index contributed by atoms with van der Waals surface area (Å²) in [6, 6.07) is 4.33. The van der Waals surface area contributed by atoms with Crippen LogP contribution in [0, 0.1) is 4.78 Å². The van der Waals surface area contributed by atoms with Gasteiger partial charge in [0, 0.05) is 27.2 Å². The van der Waals surface area contributed by atoms with Crippen molar-refractivity contribution in [1.82, 2.24) is 0 Å². The van der Waals surface area contributed by atoms with Gasteiger partial charge in [0.15, 0.2) is 5.60 Å². The van der Waals surface area contributed by atoms with Crippen LogP contribution >= 0.6 is 0 Å². The number of halogens is 3. The lowest BCUT2D eigenvalue weighted by molar-refractivity contribution is -0.269. The van der Waals surface area contributed by atoms with Gasteiger partial charge in [-0.15, -0.1) is 0 Å². The summed E-state index contributed by atoms with van der Waals surface area (Å²) >= 11 is 0. The van der Waals surface area contributed by atoms with E-state index in [1.165, 1.54) is 12.1 Å². The SMILES string of the molecule is N=S(=O)(CCCC(O)(c1ccc(C2C=CC=CC2)cc1)C(F)(F)F)CC[C@H](N)C(=O)O. The summed E-state index contributed by atoms with van der Waals surface area (Å²) < 4.78 is 61.2. The molecule has 0 saturated heterocycles. The molecule has 1 aromatic carbocycles. The first-order valence-corrected chi connectivity index (χ1v) is 11.7. The van der Waals surface area contributed by atoms with Crippen LogP contribution in [0.15, 0.2) is 48.6 Å². The van der Waals surface area contributed by atoms with Crippen molar-refractivity contribution >= 4 is 15.7 Å². The lowest BCUT2D eigenvalue weighted by Crippen LogP contribution is -2.42. The van der Waals surface area contributed by atoms with Crippen molar-refractivity contribution < 1.29 is 32.4 Å². The molecular weight excluding hydrogens is 433 g/mol. The van der Waals surface area contributed by atoms with Gasteiger partial charge in [0.2, 0.25) is 0 Å². The monoisotopic (exact) mass is 460 g/mol. The Bertz CT molecular complexity index is 927. The van der Waals surface area contributed by atoms with E-state index in [1.807, 2.05) is 24.3 Å². The molecule has 5 N–H and O–H groups in total. The second-order valence-electron chi connectivity index (χ2n) is 7.69. The standard InChI is InChI=1S/C21H27F3N2O4S/c22-21(23,24)20(29,12-4-13-31(26,30)14-11-18(25)19(27)28)17-9-7-16(8-10-17)15-5-2-1-3-6-15/h1-3,5,7-10,15,18,26,29H,4,6,11-14,25H2,(H,27,28)/t15?,18-,20?,31?/m0/s1. The van der Waals surface area contributed by atoms with Crippen LogP contribution in [0.3, 0.4) is 0 Å². The van der Waals surface area contributed by atoms with Crippen LogP contribution in [0.25, 0.3) is 0 Å². The van der Waals surface area contributed by atoms with E-state index < -0.39 is 45.7 Å². The molecule has 0 aliphatic heterocycles. The molecule has 0 radical (unpaired) electrons. The third-order valence-corrected chi connectivity index (χ3v) is 7.20. The largest absolute Gasteiger partial charge is 0.480 e. The molecule has 0 amide bonds. The number of aliphatic hydroxyl groups is 1. The highest BCUT2D eigenvalue weighted by Crippen LogP contribution is 2.43. The number of hydrogen-bond acceptors (Lipinski definition) is 5. The predicted octanol–water partition coefficient (Wildman–Crippen LogP) is 3.67. The van der Waals surface area contributed by atoms with Gasteiger partial charge in [0.1, 0.15) is 6.04 Å². The van der Waals surface area contributed by atoms with Gasteiger partial charge in [-0.25, -0.2) is 4.21 Å². The third kappa shape index (κ3) is 6.65. The second-order valence-corrected chi connectivity index (χ2v) is 10.1. The zero-order chi connectivity index (χ0) is 23.3. The first-order chi connectivity index (χ1) is 14.4. The van der Waals surface area contributed by atoms with Crippen LogP contribution in [-0.4, -0.2) is 44.1 Å². The zero-order valence-corrected chi connectivity index (χ0v) is 17.7. The van der Waals surface area contributed by atoms with E-state index in [4.69, 9.17) is 15.6 Å². The van der Waals surface area contributed by atoms with Crippen LogP contribution in [0.4, 0.5) is 13.2 Å². The van der Waals surface area contributed by atoms with E-state index in [1.54, 1.807) is 12.1 Å². The van der Waals surface area contributed by atoms with Crippen LogP contribution in [0.2, 0.25) is 0 Å². The van der Waals surface area contributed by atoms with Crippen molar-refractivity contribution in [2.24, 2.45) is 5.73 Å². The first-order valence-electron chi connectivity index (χ1n) is 9.81. The van der Waals surface area contributed by atoms with Crippen LogP contribution in [0.5, 0.6) is 0 Å². The maximum Gasteiger partial charge on any atom is 0.421 e. The van der Waals surface area contributed by atoms with E-state index in [0.29, 0.717) is 0 Å². The van der Waals surface area contributed by atoms with Gasteiger partial charge in [0.05, 0.1) is 0 Å². The van der Waals surface area contributed by atoms with E-state index in [2.05, 4.69) is 0 Å². The number of hydrogen-bond donors (Lipinski definition) is 4. The van der Waals surface area contributed by atoms with Crippen LogP contribution in [-0.2, 0) is 20.1 Å². The molecule has 1 aromatic rings. The van der Waals surface area contributed by atoms with Gasteiger partial charge >= 0.3 is 12.1 Å².